The summed E-state index contributed by atoms with van der Waals surface area (Å²) in [5.74, 6) is -0.172. The van der Waals surface area contributed by atoms with Gasteiger partial charge >= 0.3 is 5.97 Å². The molecule has 210 valence electrons. The molecule has 0 saturated carbocycles. The Morgan fingerprint density at radius 1 is 1.10 bits per heavy atom. The number of hydrogen-bond acceptors (Lipinski definition) is 6. The van der Waals surface area contributed by atoms with E-state index in [1.165, 1.54) is 15.9 Å². The average Bonchev–Trinajstić information content (AvgIpc) is 3.23. The lowest BCUT2D eigenvalue weighted by atomic mass is 9.96. The number of aromatic nitrogens is 1. The molecule has 2 heterocycles. The molecular weight excluding hydrogens is 671 g/mol. The minimum Gasteiger partial charge on any atom is -0.487 e. The molecule has 0 amide bonds. The fraction of sp³-hybridized carbons (Fsp3) is 0.167. The molecule has 0 N–H and O–H groups in total. The molecule has 0 radical (unpaired) electrons. The van der Waals surface area contributed by atoms with E-state index in [-0.39, 0.29) is 24.3 Å². The smallest absolute Gasteiger partial charge is 0.338 e. The number of thiazole rings is 1. The summed E-state index contributed by atoms with van der Waals surface area (Å²) in [5.41, 5.74) is 2.40. The summed E-state index contributed by atoms with van der Waals surface area (Å²) in [6, 6.07) is 17.3. The summed E-state index contributed by atoms with van der Waals surface area (Å²) < 4.78 is 14.2. The molecule has 0 aliphatic carbocycles. The van der Waals surface area contributed by atoms with Crippen LogP contribution in [-0.4, -0.2) is 17.1 Å². The van der Waals surface area contributed by atoms with Gasteiger partial charge in [0.15, 0.2) is 4.80 Å². The number of carbonyl (C=O) groups excluding carboxylic acids is 1. The number of carbonyl (C=O) groups is 1. The fourth-order valence-corrected chi connectivity index (χ4v) is 6.60. The van der Waals surface area contributed by atoms with Gasteiger partial charge in [0.05, 0.1) is 27.4 Å². The van der Waals surface area contributed by atoms with Crippen molar-refractivity contribution in [2.45, 2.75) is 26.5 Å². The van der Waals surface area contributed by atoms with Gasteiger partial charge < -0.3 is 9.47 Å². The highest BCUT2D eigenvalue weighted by Crippen LogP contribution is 2.35. The van der Waals surface area contributed by atoms with E-state index in [0.717, 1.165) is 10.0 Å². The summed E-state index contributed by atoms with van der Waals surface area (Å²) in [6.07, 6.45) is 1.67. The van der Waals surface area contributed by atoms with Crippen LogP contribution in [0, 0.1) is 0 Å². The van der Waals surface area contributed by atoms with Crippen LogP contribution in [0.5, 0.6) is 5.75 Å². The fourth-order valence-electron chi connectivity index (χ4n) is 4.50. The minimum atomic E-state index is -0.822. The summed E-state index contributed by atoms with van der Waals surface area (Å²) in [7, 11) is 0. The van der Waals surface area contributed by atoms with Crippen LogP contribution in [0.2, 0.25) is 15.1 Å². The monoisotopic (exact) mass is 690 g/mol. The number of ether oxygens (including phenoxy) is 2. The van der Waals surface area contributed by atoms with Crippen molar-refractivity contribution in [3.63, 3.8) is 0 Å². The van der Waals surface area contributed by atoms with Crippen molar-refractivity contribution < 1.29 is 14.3 Å². The molecule has 6 nitrogen and oxygen atoms in total. The van der Waals surface area contributed by atoms with Crippen LogP contribution in [0.3, 0.4) is 0 Å². The van der Waals surface area contributed by atoms with Crippen LogP contribution in [0.1, 0.15) is 36.6 Å². The first-order chi connectivity index (χ1) is 19.7. The maximum absolute atomic E-state index is 14.0. The highest BCUT2D eigenvalue weighted by Gasteiger charge is 2.34. The van der Waals surface area contributed by atoms with Gasteiger partial charge in [-0.05, 0) is 61.4 Å². The molecular formula is C30H22BrCl3N2O4S. The zero-order valence-corrected chi connectivity index (χ0v) is 26.5. The number of fused-ring (bicyclic) bond motifs is 1. The molecule has 0 saturated heterocycles. The van der Waals surface area contributed by atoms with Gasteiger partial charge in [-0.25, -0.2) is 9.79 Å². The Labute approximate surface area is 263 Å². The van der Waals surface area contributed by atoms with Crippen molar-refractivity contribution in [3.05, 3.63) is 128 Å². The Morgan fingerprint density at radius 3 is 2.54 bits per heavy atom. The normalized spacial score (nSPS) is 15.0. The first-order valence-corrected chi connectivity index (χ1v) is 15.2. The number of nitrogens with zero attached hydrogens (tertiary/aromatic N) is 2. The van der Waals surface area contributed by atoms with Crippen LogP contribution in [0.4, 0.5) is 0 Å². The predicted octanol–water partition coefficient (Wildman–Crippen LogP) is 7.10. The van der Waals surface area contributed by atoms with Crippen molar-refractivity contribution in [1.29, 1.82) is 0 Å². The first-order valence-electron chi connectivity index (χ1n) is 12.5. The number of halogens is 4. The first kappa shape index (κ1) is 29.6. The molecule has 41 heavy (non-hydrogen) atoms. The van der Waals surface area contributed by atoms with Gasteiger partial charge in [0, 0.05) is 20.1 Å². The van der Waals surface area contributed by atoms with Gasteiger partial charge in [-0.1, -0.05) is 92.4 Å². The van der Waals surface area contributed by atoms with E-state index >= 15 is 0 Å². The van der Waals surface area contributed by atoms with E-state index in [2.05, 4.69) is 20.9 Å². The third kappa shape index (κ3) is 6.17. The number of esters is 1. The quantitative estimate of drug-likeness (QED) is 0.194. The van der Waals surface area contributed by atoms with Crippen LogP contribution in [0.15, 0.2) is 86.2 Å². The van der Waals surface area contributed by atoms with Gasteiger partial charge in [0.2, 0.25) is 0 Å². The van der Waals surface area contributed by atoms with Crippen molar-refractivity contribution in [3.8, 4) is 5.75 Å². The maximum Gasteiger partial charge on any atom is 0.338 e. The second-order valence-corrected chi connectivity index (χ2v) is 12.2. The Hall–Kier alpha value is -2.88. The lowest BCUT2D eigenvalue weighted by molar-refractivity contribution is -0.139. The third-order valence-electron chi connectivity index (χ3n) is 6.34. The number of rotatable bonds is 7. The molecule has 11 heteroatoms. The predicted molar refractivity (Wildman–Crippen MR) is 167 cm³/mol. The standard InChI is InChI=1S/C30H22BrCl3N2O4S/c1-3-39-29(38)25-16(2)35-30-36(26(25)21-6-4-5-7-22(21)33)28(37)24(41-30)13-18-12-20(32)14-23(34)27(18)40-15-17-8-10-19(31)11-9-17/h4-14,26H,3,15H2,1-2H3/b24-13-/t26-/m1/s1. The van der Waals surface area contributed by atoms with Crippen molar-refractivity contribution >= 4 is 74.1 Å². The Bertz CT molecular complexity index is 1870. The van der Waals surface area contributed by atoms with E-state index in [1.807, 2.05) is 24.3 Å². The van der Waals surface area contributed by atoms with Crippen LogP contribution in [0.25, 0.3) is 6.08 Å². The number of benzene rings is 3. The summed E-state index contributed by atoms with van der Waals surface area (Å²) in [4.78, 5) is 32.1. The third-order valence-corrected chi connectivity index (χ3v) is 8.69. The SMILES string of the molecule is CCOC(=O)C1=C(C)N=c2s/c(=C\c3cc(Cl)cc(Cl)c3OCc3ccc(Br)cc3)c(=O)n2[C@@H]1c1ccccc1Cl. The zero-order valence-electron chi connectivity index (χ0n) is 21.8. The Balaban J connectivity index is 1.65. The lowest BCUT2D eigenvalue weighted by Gasteiger charge is -2.25. The zero-order chi connectivity index (χ0) is 29.3. The maximum atomic E-state index is 14.0. The molecule has 4 aromatic rings. The van der Waals surface area contributed by atoms with E-state index in [9.17, 15) is 9.59 Å². The molecule has 5 rings (SSSR count). The molecule has 1 atom stereocenters. The highest BCUT2D eigenvalue weighted by atomic mass is 79.9. The molecule has 0 fully saturated rings. The average molecular weight is 693 g/mol. The largest absolute Gasteiger partial charge is 0.487 e. The summed E-state index contributed by atoms with van der Waals surface area (Å²) >= 11 is 24.1. The lowest BCUT2D eigenvalue weighted by Crippen LogP contribution is -2.40. The molecule has 0 spiro atoms. The van der Waals surface area contributed by atoms with Gasteiger partial charge in [-0.3, -0.25) is 9.36 Å². The second kappa shape index (κ2) is 12.5. The van der Waals surface area contributed by atoms with Crippen LogP contribution < -0.4 is 19.6 Å². The molecule has 0 bridgehead atoms. The topological polar surface area (TPSA) is 69.9 Å². The Kier molecular flexibility index (Phi) is 9.06. The van der Waals surface area contributed by atoms with E-state index in [1.54, 1.807) is 56.3 Å². The molecule has 1 aromatic heterocycles. The van der Waals surface area contributed by atoms with Crippen LogP contribution >= 0.6 is 62.1 Å². The molecule has 3 aromatic carbocycles. The summed E-state index contributed by atoms with van der Waals surface area (Å²) in [5, 5.41) is 1.11. The molecule has 1 aliphatic heterocycles. The Morgan fingerprint density at radius 2 is 1.83 bits per heavy atom. The van der Waals surface area contributed by atoms with Crippen LogP contribution in [-0.2, 0) is 16.1 Å². The number of hydrogen-bond donors (Lipinski definition) is 0. The van der Waals surface area contributed by atoms with Crippen molar-refractivity contribution in [2.75, 3.05) is 6.61 Å². The van der Waals surface area contributed by atoms with E-state index in [0.29, 0.717) is 47.0 Å². The highest BCUT2D eigenvalue weighted by molar-refractivity contribution is 9.10. The van der Waals surface area contributed by atoms with Gasteiger partial charge in [0.25, 0.3) is 5.56 Å². The minimum absolute atomic E-state index is 0.174. The number of allylic oxidation sites excluding steroid dienone is 1. The van der Waals surface area contributed by atoms with Gasteiger partial charge in [0.1, 0.15) is 18.4 Å². The van der Waals surface area contributed by atoms with E-state index in [4.69, 9.17) is 44.3 Å². The molecule has 0 unspecified atom stereocenters. The van der Waals surface area contributed by atoms with Crippen molar-refractivity contribution in [2.24, 2.45) is 4.99 Å². The van der Waals surface area contributed by atoms with Gasteiger partial charge in [-0.2, -0.15) is 0 Å². The van der Waals surface area contributed by atoms with E-state index < -0.39 is 12.0 Å². The summed E-state index contributed by atoms with van der Waals surface area (Å²) in [6.45, 7) is 3.87. The molecule has 1 aliphatic rings. The second-order valence-electron chi connectivity index (χ2n) is 9.04. The van der Waals surface area contributed by atoms with Gasteiger partial charge in [-0.15, -0.1) is 0 Å². The van der Waals surface area contributed by atoms with Crippen molar-refractivity contribution in [1.82, 2.24) is 4.57 Å².